The van der Waals surface area contributed by atoms with Gasteiger partial charge in [-0.05, 0) is 39.2 Å². The number of hydrogen-bond acceptors (Lipinski definition) is 1. The Bertz CT molecular complexity index is 123. The van der Waals surface area contributed by atoms with E-state index in [0.717, 1.165) is 18.2 Å². The molecule has 0 fully saturated rings. The molecule has 0 saturated carbocycles. The molecule has 0 N–H and O–H groups in total. The van der Waals surface area contributed by atoms with Crippen molar-refractivity contribution in [3.63, 3.8) is 0 Å². The summed E-state index contributed by atoms with van der Waals surface area (Å²) in [5.74, 6) is 1.58. The van der Waals surface area contributed by atoms with Crippen molar-refractivity contribution >= 4 is 11.6 Å². The van der Waals surface area contributed by atoms with E-state index in [1.165, 1.54) is 25.9 Å². The molecule has 0 unspecified atom stereocenters. The van der Waals surface area contributed by atoms with Crippen LogP contribution in [0, 0.1) is 5.92 Å². The molecule has 0 amide bonds. The Morgan fingerprint density at radius 1 is 1.00 bits per heavy atom. The molecular formula is C12H26ClN. The van der Waals surface area contributed by atoms with Gasteiger partial charge in [-0.3, -0.25) is 0 Å². The molecule has 0 aromatic heterocycles. The molecule has 0 spiro atoms. The van der Waals surface area contributed by atoms with Crippen LogP contribution in [0.2, 0.25) is 0 Å². The molecule has 0 radical (unpaired) electrons. The fourth-order valence-electron chi connectivity index (χ4n) is 1.62. The van der Waals surface area contributed by atoms with Crippen LogP contribution in [0.15, 0.2) is 0 Å². The van der Waals surface area contributed by atoms with Gasteiger partial charge in [0.1, 0.15) is 0 Å². The van der Waals surface area contributed by atoms with Gasteiger partial charge in [-0.25, -0.2) is 0 Å². The minimum absolute atomic E-state index is 0.674. The Labute approximate surface area is 94.8 Å². The molecule has 0 aliphatic rings. The first-order chi connectivity index (χ1) is 6.57. The van der Waals surface area contributed by atoms with Crippen LogP contribution < -0.4 is 0 Å². The molecule has 14 heavy (non-hydrogen) atoms. The number of nitrogens with zero attached hydrogens (tertiary/aromatic N) is 1. The van der Waals surface area contributed by atoms with Gasteiger partial charge in [0.15, 0.2) is 0 Å². The molecule has 0 heterocycles. The minimum atomic E-state index is 0.674. The zero-order chi connectivity index (χ0) is 11.0. The summed E-state index contributed by atoms with van der Waals surface area (Å²) in [7, 11) is 0. The van der Waals surface area contributed by atoms with Crippen LogP contribution in [-0.2, 0) is 0 Å². The number of halogens is 1. The topological polar surface area (TPSA) is 3.24 Å². The predicted molar refractivity (Wildman–Crippen MR) is 66.1 cm³/mol. The SMILES string of the molecule is CC(C)CN(CCCCCCl)C(C)C. The summed E-state index contributed by atoms with van der Waals surface area (Å²) < 4.78 is 0. The fraction of sp³-hybridized carbons (Fsp3) is 1.00. The maximum Gasteiger partial charge on any atom is 0.0223 e. The van der Waals surface area contributed by atoms with E-state index < -0.39 is 0 Å². The molecule has 0 aromatic carbocycles. The summed E-state index contributed by atoms with van der Waals surface area (Å²) in [6.07, 6.45) is 3.72. The zero-order valence-electron chi connectivity index (χ0n) is 10.2. The van der Waals surface area contributed by atoms with E-state index >= 15 is 0 Å². The summed E-state index contributed by atoms with van der Waals surface area (Å²) >= 11 is 5.65. The van der Waals surface area contributed by atoms with Crippen LogP contribution >= 0.6 is 11.6 Å². The lowest BCUT2D eigenvalue weighted by Gasteiger charge is -2.28. The van der Waals surface area contributed by atoms with Crippen molar-refractivity contribution in [1.82, 2.24) is 4.90 Å². The average Bonchev–Trinajstić information content (AvgIpc) is 2.09. The van der Waals surface area contributed by atoms with Crippen molar-refractivity contribution in [2.45, 2.75) is 53.0 Å². The van der Waals surface area contributed by atoms with Gasteiger partial charge < -0.3 is 4.90 Å². The molecule has 0 aromatic rings. The maximum absolute atomic E-state index is 5.65. The second-order valence-corrected chi connectivity index (χ2v) is 5.11. The monoisotopic (exact) mass is 219 g/mol. The lowest BCUT2D eigenvalue weighted by molar-refractivity contribution is 0.194. The summed E-state index contributed by atoms with van der Waals surface area (Å²) in [5, 5.41) is 0. The third kappa shape index (κ3) is 7.64. The minimum Gasteiger partial charge on any atom is -0.301 e. The third-order valence-electron chi connectivity index (χ3n) is 2.41. The molecule has 0 saturated heterocycles. The molecule has 0 atom stereocenters. The van der Waals surface area contributed by atoms with Crippen molar-refractivity contribution in [2.24, 2.45) is 5.92 Å². The van der Waals surface area contributed by atoms with Gasteiger partial charge in [-0.1, -0.05) is 20.3 Å². The summed E-state index contributed by atoms with van der Waals surface area (Å²) in [6.45, 7) is 11.6. The molecule has 0 aliphatic carbocycles. The van der Waals surface area contributed by atoms with Crippen LogP contribution in [0.5, 0.6) is 0 Å². The highest BCUT2D eigenvalue weighted by molar-refractivity contribution is 6.17. The van der Waals surface area contributed by atoms with E-state index in [1.54, 1.807) is 0 Å². The second kappa shape index (κ2) is 8.55. The number of unbranched alkanes of at least 4 members (excludes halogenated alkanes) is 2. The Kier molecular flexibility index (Phi) is 8.70. The van der Waals surface area contributed by atoms with Crippen LogP contribution in [0.3, 0.4) is 0 Å². The Morgan fingerprint density at radius 3 is 2.07 bits per heavy atom. The lowest BCUT2D eigenvalue weighted by atomic mass is 10.1. The maximum atomic E-state index is 5.65. The van der Waals surface area contributed by atoms with Crippen LogP contribution in [0.25, 0.3) is 0 Å². The van der Waals surface area contributed by atoms with E-state index in [4.69, 9.17) is 11.6 Å². The standard InChI is InChI=1S/C12H26ClN/c1-11(2)10-14(12(3)4)9-7-5-6-8-13/h11-12H,5-10H2,1-4H3. The smallest absolute Gasteiger partial charge is 0.0223 e. The molecular weight excluding hydrogens is 194 g/mol. The number of rotatable bonds is 8. The largest absolute Gasteiger partial charge is 0.301 e. The number of hydrogen-bond donors (Lipinski definition) is 0. The van der Waals surface area contributed by atoms with Gasteiger partial charge >= 0.3 is 0 Å². The zero-order valence-corrected chi connectivity index (χ0v) is 11.0. The predicted octanol–water partition coefficient (Wildman–Crippen LogP) is 3.76. The van der Waals surface area contributed by atoms with E-state index in [9.17, 15) is 0 Å². The van der Waals surface area contributed by atoms with Crippen molar-refractivity contribution < 1.29 is 0 Å². The second-order valence-electron chi connectivity index (χ2n) is 4.73. The summed E-state index contributed by atoms with van der Waals surface area (Å²) in [4.78, 5) is 2.57. The van der Waals surface area contributed by atoms with Crippen molar-refractivity contribution in [1.29, 1.82) is 0 Å². The molecule has 2 heteroatoms. The Balaban J connectivity index is 3.63. The molecule has 0 bridgehead atoms. The van der Waals surface area contributed by atoms with Crippen LogP contribution in [0.4, 0.5) is 0 Å². The Hall–Kier alpha value is 0.250. The molecule has 1 nitrogen and oxygen atoms in total. The van der Waals surface area contributed by atoms with E-state index in [0.29, 0.717) is 6.04 Å². The normalized spacial score (nSPS) is 12.0. The first-order valence-electron chi connectivity index (χ1n) is 5.88. The highest BCUT2D eigenvalue weighted by atomic mass is 35.5. The van der Waals surface area contributed by atoms with Gasteiger partial charge in [-0.15, -0.1) is 11.6 Å². The van der Waals surface area contributed by atoms with Gasteiger partial charge in [0.25, 0.3) is 0 Å². The van der Waals surface area contributed by atoms with Gasteiger partial charge in [0, 0.05) is 18.5 Å². The third-order valence-corrected chi connectivity index (χ3v) is 2.68. The summed E-state index contributed by atoms with van der Waals surface area (Å²) in [5.41, 5.74) is 0. The van der Waals surface area contributed by atoms with Crippen LogP contribution in [-0.4, -0.2) is 29.9 Å². The molecule has 0 aliphatic heterocycles. The van der Waals surface area contributed by atoms with E-state index in [-0.39, 0.29) is 0 Å². The van der Waals surface area contributed by atoms with E-state index in [2.05, 4.69) is 32.6 Å². The quantitative estimate of drug-likeness (QED) is 0.444. The van der Waals surface area contributed by atoms with Gasteiger partial charge in [0.2, 0.25) is 0 Å². The Morgan fingerprint density at radius 2 is 1.64 bits per heavy atom. The highest BCUT2D eigenvalue weighted by Crippen LogP contribution is 2.07. The fourth-order valence-corrected chi connectivity index (χ4v) is 1.80. The van der Waals surface area contributed by atoms with Crippen LogP contribution in [0.1, 0.15) is 47.0 Å². The molecule has 86 valence electrons. The number of alkyl halides is 1. The van der Waals surface area contributed by atoms with Crippen molar-refractivity contribution in [2.75, 3.05) is 19.0 Å². The van der Waals surface area contributed by atoms with Crippen molar-refractivity contribution in [3.8, 4) is 0 Å². The van der Waals surface area contributed by atoms with Crippen molar-refractivity contribution in [3.05, 3.63) is 0 Å². The highest BCUT2D eigenvalue weighted by Gasteiger charge is 2.09. The first-order valence-corrected chi connectivity index (χ1v) is 6.41. The van der Waals surface area contributed by atoms with Gasteiger partial charge in [-0.2, -0.15) is 0 Å². The molecule has 0 rings (SSSR count). The average molecular weight is 220 g/mol. The van der Waals surface area contributed by atoms with E-state index in [1.807, 2.05) is 0 Å². The van der Waals surface area contributed by atoms with Gasteiger partial charge in [0.05, 0.1) is 0 Å². The lowest BCUT2D eigenvalue weighted by Crippen LogP contribution is -2.34. The first kappa shape index (κ1) is 14.2. The summed E-state index contributed by atoms with van der Waals surface area (Å²) in [6, 6.07) is 0.674.